The molecule has 3 nitrogen and oxygen atoms in total. The smallest absolute Gasteiger partial charge is 0.119 e. The zero-order valence-corrected chi connectivity index (χ0v) is 10.9. The average Bonchev–Trinajstić information content (AvgIpc) is 2.76. The van der Waals surface area contributed by atoms with Crippen molar-refractivity contribution in [3.63, 3.8) is 0 Å². The Morgan fingerprint density at radius 2 is 2.06 bits per heavy atom. The Labute approximate surface area is 105 Å². The number of aryl methyl sites for hydroxylation is 1. The fraction of sp³-hybridized carbons (Fsp3) is 0.308. The Morgan fingerprint density at radius 1 is 1.29 bits per heavy atom. The zero-order chi connectivity index (χ0) is 12.1. The third-order valence-corrected chi connectivity index (χ3v) is 3.45. The summed E-state index contributed by atoms with van der Waals surface area (Å²) in [5.74, 6) is 0.881. The molecule has 2 aromatic rings. The Hall–Kier alpha value is -1.55. The van der Waals surface area contributed by atoms with E-state index in [1.54, 1.807) is 18.4 Å². The van der Waals surface area contributed by atoms with Crippen LogP contribution in [0.2, 0.25) is 0 Å². The molecule has 0 spiro atoms. The molecule has 0 amide bonds. The van der Waals surface area contributed by atoms with Gasteiger partial charge in [-0.2, -0.15) is 0 Å². The van der Waals surface area contributed by atoms with E-state index in [1.165, 1.54) is 5.01 Å². The second kappa shape index (κ2) is 5.68. The first kappa shape index (κ1) is 11.9. The molecule has 90 valence electrons. The normalized spacial score (nSPS) is 10.2. The van der Waals surface area contributed by atoms with Crippen LogP contribution < -0.4 is 10.1 Å². The van der Waals surface area contributed by atoms with Gasteiger partial charge >= 0.3 is 0 Å². The van der Waals surface area contributed by atoms with Crippen molar-refractivity contribution in [2.24, 2.45) is 0 Å². The maximum Gasteiger partial charge on any atom is 0.119 e. The quantitative estimate of drug-likeness (QED) is 0.882. The third kappa shape index (κ3) is 3.46. The van der Waals surface area contributed by atoms with Crippen LogP contribution in [0.5, 0.6) is 5.75 Å². The van der Waals surface area contributed by atoms with Crippen molar-refractivity contribution in [1.29, 1.82) is 0 Å². The summed E-state index contributed by atoms with van der Waals surface area (Å²) in [7, 11) is 1.67. The van der Waals surface area contributed by atoms with Gasteiger partial charge in [-0.05, 0) is 31.2 Å². The molecule has 0 aliphatic heterocycles. The number of benzene rings is 1. The van der Waals surface area contributed by atoms with Crippen molar-refractivity contribution in [3.8, 4) is 5.75 Å². The lowest BCUT2D eigenvalue weighted by molar-refractivity contribution is 0.415. The van der Waals surface area contributed by atoms with E-state index in [9.17, 15) is 0 Å². The second-order valence-corrected chi connectivity index (χ2v) is 4.73. The van der Waals surface area contributed by atoms with E-state index >= 15 is 0 Å². The average molecular weight is 248 g/mol. The fourth-order valence-corrected chi connectivity index (χ4v) is 2.32. The summed E-state index contributed by atoms with van der Waals surface area (Å²) in [4.78, 5) is 4.43. The van der Waals surface area contributed by atoms with Crippen LogP contribution >= 0.6 is 11.3 Å². The van der Waals surface area contributed by atoms with Crippen LogP contribution in [0.1, 0.15) is 10.7 Å². The molecule has 4 heteroatoms. The Balaban J connectivity index is 1.81. The van der Waals surface area contributed by atoms with E-state index in [4.69, 9.17) is 4.74 Å². The van der Waals surface area contributed by atoms with Crippen molar-refractivity contribution in [2.45, 2.75) is 13.3 Å². The van der Waals surface area contributed by atoms with Gasteiger partial charge in [0.1, 0.15) is 5.75 Å². The minimum absolute atomic E-state index is 0.881. The number of nitrogens with one attached hydrogen (secondary N) is 1. The molecule has 0 atom stereocenters. The Morgan fingerprint density at radius 3 is 2.65 bits per heavy atom. The highest BCUT2D eigenvalue weighted by molar-refractivity contribution is 7.09. The summed E-state index contributed by atoms with van der Waals surface area (Å²) in [6.45, 7) is 2.93. The first-order chi connectivity index (χ1) is 8.28. The van der Waals surface area contributed by atoms with Gasteiger partial charge in [-0.25, -0.2) is 4.98 Å². The summed E-state index contributed by atoms with van der Waals surface area (Å²) in [6.07, 6.45) is 0.963. The van der Waals surface area contributed by atoms with E-state index in [0.717, 1.165) is 30.1 Å². The van der Waals surface area contributed by atoms with Crippen LogP contribution in [0, 0.1) is 6.92 Å². The standard InChI is InChI=1S/C13H16N2OS/c1-10-9-17-13(15-10)7-8-14-11-3-5-12(16-2)6-4-11/h3-6,9,14H,7-8H2,1-2H3. The number of hydrogen-bond donors (Lipinski definition) is 1. The number of nitrogens with zero attached hydrogens (tertiary/aromatic N) is 1. The molecular weight excluding hydrogens is 232 g/mol. The Kier molecular flexibility index (Phi) is 3.98. The predicted octanol–water partition coefficient (Wildman–Crippen LogP) is 3.11. The van der Waals surface area contributed by atoms with E-state index in [1.807, 2.05) is 31.2 Å². The number of hydrogen-bond acceptors (Lipinski definition) is 4. The van der Waals surface area contributed by atoms with Crippen molar-refractivity contribution in [1.82, 2.24) is 4.98 Å². The summed E-state index contributed by atoms with van der Waals surface area (Å²) < 4.78 is 5.11. The molecule has 0 aliphatic rings. The van der Waals surface area contributed by atoms with Gasteiger partial charge in [-0.1, -0.05) is 0 Å². The molecular formula is C13H16N2OS. The van der Waals surface area contributed by atoms with Gasteiger partial charge in [0.2, 0.25) is 0 Å². The monoisotopic (exact) mass is 248 g/mol. The van der Waals surface area contributed by atoms with Gasteiger partial charge < -0.3 is 10.1 Å². The molecule has 0 saturated heterocycles. The molecule has 1 aromatic heterocycles. The maximum absolute atomic E-state index is 5.11. The highest BCUT2D eigenvalue weighted by Crippen LogP contribution is 2.15. The third-order valence-electron chi connectivity index (χ3n) is 2.42. The Bertz CT molecular complexity index is 465. The lowest BCUT2D eigenvalue weighted by Gasteiger charge is -2.06. The number of methoxy groups -OCH3 is 1. The molecule has 17 heavy (non-hydrogen) atoms. The van der Waals surface area contributed by atoms with E-state index < -0.39 is 0 Å². The summed E-state index contributed by atoms with van der Waals surface area (Å²) in [5.41, 5.74) is 2.22. The topological polar surface area (TPSA) is 34.1 Å². The maximum atomic E-state index is 5.11. The molecule has 2 rings (SSSR count). The summed E-state index contributed by atoms with van der Waals surface area (Å²) >= 11 is 1.72. The molecule has 0 radical (unpaired) electrons. The van der Waals surface area contributed by atoms with Gasteiger partial charge in [-0.3, -0.25) is 0 Å². The first-order valence-electron chi connectivity index (χ1n) is 5.57. The predicted molar refractivity (Wildman–Crippen MR) is 72.0 cm³/mol. The number of aromatic nitrogens is 1. The minimum atomic E-state index is 0.881. The van der Waals surface area contributed by atoms with Crippen LogP contribution in [-0.2, 0) is 6.42 Å². The number of rotatable bonds is 5. The largest absolute Gasteiger partial charge is 0.497 e. The SMILES string of the molecule is COc1ccc(NCCc2nc(C)cs2)cc1. The highest BCUT2D eigenvalue weighted by Gasteiger charge is 1.98. The lowest BCUT2D eigenvalue weighted by Crippen LogP contribution is -2.04. The zero-order valence-electron chi connectivity index (χ0n) is 10.1. The van der Waals surface area contributed by atoms with E-state index in [-0.39, 0.29) is 0 Å². The van der Waals surface area contributed by atoms with Gasteiger partial charge in [0.05, 0.1) is 12.1 Å². The molecule has 0 unspecified atom stereocenters. The first-order valence-corrected chi connectivity index (χ1v) is 6.45. The van der Waals surface area contributed by atoms with E-state index in [2.05, 4.69) is 15.7 Å². The molecule has 1 N–H and O–H groups in total. The van der Waals surface area contributed by atoms with Gasteiger partial charge in [0.25, 0.3) is 0 Å². The molecule has 1 aromatic carbocycles. The van der Waals surface area contributed by atoms with Crippen LogP contribution in [0.3, 0.4) is 0 Å². The summed E-state index contributed by atoms with van der Waals surface area (Å²) in [6, 6.07) is 7.95. The van der Waals surface area contributed by atoms with Crippen LogP contribution in [0.15, 0.2) is 29.6 Å². The fourth-order valence-electron chi connectivity index (χ4n) is 1.54. The number of thiazole rings is 1. The molecule has 0 saturated carbocycles. The van der Waals surface area contributed by atoms with Crippen molar-refractivity contribution in [3.05, 3.63) is 40.3 Å². The van der Waals surface area contributed by atoms with E-state index in [0.29, 0.717) is 0 Å². The van der Waals surface area contributed by atoms with Crippen LogP contribution in [0.4, 0.5) is 5.69 Å². The molecule has 0 aliphatic carbocycles. The van der Waals surface area contributed by atoms with Gasteiger partial charge in [-0.15, -0.1) is 11.3 Å². The summed E-state index contributed by atoms with van der Waals surface area (Å²) in [5, 5.41) is 6.63. The van der Waals surface area contributed by atoms with Crippen LogP contribution in [-0.4, -0.2) is 18.6 Å². The van der Waals surface area contributed by atoms with Crippen molar-refractivity contribution >= 4 is 17.0 Å². The molecule has 1 heterocycles. The number of ether oxygens (including phenoxy) is 1. The minimum Gasteiger partial charge on any atom is -0.497 e. The van der Waals surface area contributed by atoms with Crippen molar-refractivity contribution in [2.75, 3.05) is 19.0 Å². The highest BCUT2D eigenvalue weighted by atomic mass is 32.1. The number of anilines is 1. The second-order valence-electron chi connectivity index (χ2n) is 3.79. The van der Waals surface area contributed by atoms with Gasteiger partial charge in [0, 0.05) is 29.7 Å². The lowest BCUT2D eigenvalue weighted by atomic mass is 10.3. The molecule has 0 fully saturated rings. The van der Waals surface area contributed by atoms with Gasteiger partial charge in [0.15, 0.2) is 0 Å². The molecule has 0 bridgehead atoms. The van der Waals surface area contributed by atoms with Crippen LogP contribution in [0.25, 0.3) is 0 Å². The van der Waals surface area contributed by atoms with Crippen molar-refractivity contribution < 1.29 is 4.74 Å².